The van der Waals surface area contributed by atoms with Crippen LogP contribution < -0.4 is 11.2 Å². The molecule has 104 valence electrons. The first kappa shape index (κ1) is 14.3. The van der Waals surface area contributed by atoms with Crippen molar-refractivity contribution >= 4 is 17.4 Å². The van der Waals surface area contributed by atoms with Crippen LogP contribution in [0.3, 0.4) is 0 Å². The third-order valence-corrected chi connectivity index (χ3v) is 3.02. The Hall–Kier alpha value is -2.14. The molecule has 0 aliphatic rings. The number of H-pyrrole nitrogens is 1. The van der Waals surface area contributed by atoms with Gasteiger partial charge in [0.15, 0.2) is 5.78 Å². The molecule has 0 saturated carbocycles. The van der Waals surface area contributed by atoms with Crippen LogP contribution in [0.5, 0.6) is 0 Å². The van der Waals surface area contributed by atoms with E-state index in [0.29, 0.717) is 16.9 Å². The number of hydrogen-bond donors (Lipinski definition) is 1. The summed E-state index contributed by atoms with van der Waals surface area (Å²) in [4.78, 5) is 38.2. The van der Waals surface area contributed by atoms with Crippen LogP contribution in [0.4, 0.5) is 0 Å². The Balaban J connectivity index is 2.61. The molecule has 1 unspecified atom stereocenters. The van der Waals surface area contributed by atoms with Gasteiger partial charge < -0.3 is 4.98 Å². The van der Waals surface area contributed by atoms with Crippen molar-refractivity contribution in [3.05, 3.63) is 62.4 Å². The second-order valence-corrected chi connectivity index (χ2v) is 5.12. The van der Waals surface area contributed by atoms with Crippen LogP contribution in [0.15, 0.2) is 39.9 Å². The molecule has 1 heterocycles. The Morgan fingerprint density at radius 2 is 2.00 bits per heavy atom. The van der Waals surface area contributed by atoms with Crippen molar-refractivity contribution < 1.29 is 4.79 Å². The summed E-state index contributed by atoms with van der Waals surface area (Å²) in [7, 11) is 0. The summed E-state index contributed by atoms with van der Waals surface area (Å²) >= 11 is 5.76. The van der Waals surface area contributed by atoms with E-state index >= 15 is 0 Å². The van der Waals surface area contributed by atoms with Crippen LogP contribution in [-0.4, -0.2) is 20.7 Å². The standard InChI is InChI=1S/C14H13ClN2O3/c1-8-6-12(18)17(14(20)16-8)11-5-3-4-10(7-11)13(19)9(2)15/h3-7,9H,1-2H3,(H,16,20). The first-order valence-corrected chi connectivity index (χ1v) is 6.45. The molecule has 2 aromatic rings. The summed E-state index contributed by atoms with van der Waals surface area (Å²) in [6.45, 7) is 3.20. The summed E-state index contributed by atoms with van der Waals surface area (Å²) in [5.41, 5.74) is 0.183. The SMILES string of the molecule is Cc1cc(=O)n(-c2cccc(C(=O)C(C)Cl)c2)c(=O)[nH]1. The van der Waals surface area contributed by atoms with Crippen molar-refractivity contribution in [2.75, 3.05) is 0 Å². The number of halogens is 1. The van der Waals surface area contributed by atoms with Crippen molar-refractivity contribution in [3.63, 3.8) is 0 Å². The maximum absolute atomic E-state index is 11.9. The molecular formula is C14H13ClN2O3. The molecule has 0 saturated heterocycles. The second-order valence-electron chi connectivity index (χ2n) is 4.46. The van der Waals surface area contributed by atoms with Crippen LogP contribution in [-0.2, 0) is 0 Å². The van der Waals surface area contributed by atoms with Crippen LogP contribution in [0.2, 0.25) is 0 Å². The summed E-state index contributed by atoms with van der Waals surface area (Å²) in [5, 5.41) is -0.668. The maximum atomic E-state index is 11.9. The summed E-state index contributed by atoms with van der Waals surface area (Å²) in [6.07, 6.45) is 0. The lowest BCUT2D eigenvalue weighted by Crippen LogP contribution is -2.33. The summed E-state index contributed by atoms with van der Waals surface area (Å²) in [6, 6.07) is 7.58. The summed E-state index contributed by atoms with van der Waals surface area (Å²) < 4.78 is 0.975. The van der Waals surface area contributed by atoms with Gasteiger partial charge in [0.1, 0.15) is 0 Å². The zero-order chi connectivity index (χ0) is 14.9. The van der Waals surface area contributed by atoms with Gasteiger partial charge in [-0.25, -0.2) is 9.36 Å². The first-order chi connectivity index (χ1) is 9.40. The number of alkyl halides is 1. The lowest BCUT2D eigenvalue weighted by molar-refractivity contribution is 0.0991. The molecule has 0 spiro atoms. The van der Waals surface area contributed by atoms with Gasteiger partial charge in [-0.3, -0.25) is 9.59 Å². The Morgan fingerprint density at radius 1 is 1.30 bits per heavy atom. The Labute approximate surface area is 119 Å². The highest BCUT2D eigenvalue weighted by Crippen LogP contribution is 2.12. The molecule has 0 radical (unpaired) electrons. The highest BCUT2D eigenvalue weighted by atomic mass is 35.5. The number of rotatable bonds is 3. The van der Waals surface area contributed by atoms with Gasteiger partial charge in [0.25, 0.3) is 5.56 Å². The number of hydrogen-bond acceptors (Lipinski definition) is 3. The number of Topliss-reactive ketones (excluding diaryl/α,β-unsaturated/α-hetero) is 1. The number of carbonyl (C=O) groups is 1. The third kappa shape index (κ3) is 2.72. The van der Waals surface area contributed by atoms with Gasteiger partial charge in [-0.15, -0.1) is 11.6 Å². The maximum Gasteiger partial charge on any atom is 0.333 e. The molecule has 1 atom stereocenters. The minimum atomic E-state index is -0.668. The van der Waals surface area contributed by atoms with Crippen molar-refractivity contribution in [2.24, 2.45) is 0 Å². The molecule has 1 aromatic carbocycles. The number of ketones is 1. The van der Waals surface area contributed by atoms with Crippen molar-refractivity contribution in [2.45, 2.75) is 19.2 Å². The van der Waals surface area contributed by atoms with Crippen molar-refractivity contribution in [1.29, 1.82) is 0 Å². The van der Waals surface area contributed by atoms with E-state index in [1.165, 1.54) is 12.1 Å². The van der Waals surface area contributed by atoms with E-state index in [0.717, 1.165) is 4.57 Å². The molecule has 0 amide bonds. The molecule has 2 rings (SSSR count). The van der Waals surface area contributed by atoms with E-state index < -0.39 is 16.6 Å². The van der Waals surface area contributed by atoms with Gasteiger partial charge >= 0.3 is 5.69 Å². The zero-order valence-electron chi connectivity index (χ0n) is 11.0. The number of aromatic nitrogens is 2. The highest BCUT2D eigenvalue weighted by Gasteiger charge is 2.14. The van der Waals surface area contributed by atoms with Gasteiger partial charge in [-0.1, -0.05) is 12.1 Å². The van der Waals surface area contributed by atoms with Gasteiger partial charge in [-0.05, 0) is 26.0 Å². The fourth-order valence-electron chi connectivity index (χ4n) is 1.88. The normalized spacial score (nSPS) is 12.2. The van der Waals surface area contributed by atoms with Gasteiger partial charge in [0.05, 0.1) is 11.1 Å². The predicted octanol–water partition coefficient (Wildman–Crippen LogP) is 1.64. The average Bonchev–Trinajstić information content (AvgIpc) is 2.36. The van der Waals surface area contributed by atoms with E-state index in [1.54, 1.807) is 32.0 Å². The lowest BCUT2D eigenvalue weighted by atomic mass is 10.1. The molecule has 20 heavy (non-hydrogen) atoms. The topological polar surface area (TPSA) is 71.9 Å². The smallest absolute Gasteiger partial charge is 0.311 e. The molecule has 5 nitrogen and oxygen atoms in total. The first-order valence-electron chi connectivity index (χ1n) is 6.02. The van der Waals surface area contributed by atoms with Gasteiger partial charge in [0.2, 0.25) is 0 Å². The largest absolute Gasteiger partial charge is 0.333 e. The Kier molecular flexibility index (Phi) is 3.90. The van der Waals surface area contributed by atoms with E-state index in [1.807, 2.05) is 0 Å². The van der Waals surface area contributed by atoms with Gasteiger partial charge in [0, 0.05) is 17.3 Å². The van der Waals surface area contributed by atoms with Crippen LogP contribution >= 0.6 is 11.6 Å². The van der Waals surface area contributed by atoms with Crippen LogP contribution in [0, 0.1) is 6.92 Å². The molecule has 0 bridgehead atoms. The van der Waals surface area contributed by atoms with E-state index in [4.69, 9.17) is 11.6 Å². The molecule has 1 N–H and O–H groups in total. The molecule has 1 aromatic heterocycles. The van der Waals surface area contributed by atoms with Crippen LogP contribution in [0.25, 0.3) is 5.69 Å². The fourth-order valence-corrected chi connectivity index (χ4v) is 2.01. The van der Waals surface area contributed by atoms with Crippen molar-refractivity contribution in [1.82, 2.24) is 9.55 Å². The van der Waals surface area contributed by atoms with E-state index in [9.17, 15) is 14.4 Å². The van der Waals surface area contributed by atoms with Crippen LogP contribution in [0.1, 0.15) is 23.0 Å². The lowest BCUT2D eigenvalue weighted by Gasteiger charge is -2.07. The van der Waals surface area contributed by atoms with Crippen molar-refractivity contribution in [3.8, 4) is 5.69 Å². The second kappa shape index (κ2) is 5.46. The minimum Gasteiger partial charge on any atom is -0.311 e. The molecule has 0 fully saturated rings. The van der Waals surface area contributed by atoms with E-state index in [2.05, 4.69) is 4.98 Å². The minimum absolute atomic E-state index is 0.259. The Morgan fingerprint density at radius 3 is 2.60 bits per heavy atom. The molecule has 6 heteroatoms. The quantitative estimate of drug-likeness (QED) is 0.690. The number of aromatic amines is 1. The molecule has 0 aliphatic heterocycles. The Bertz CT molecular complexity index is 743. The fraction of sp³-hybridized carbons (Fsp3) is 0.214. The molecular weight excluding hydrogens is 280 g/mol. The predicted molar refractivity (Wildman–Crippen MR) is 77.0 cm³/mol. The monoisotopic (exact) mass is 292 g/mol. The molecule has 0 aliphatic carbocycles. The number of aryl methyl sites for hydroxylation is 1. The average molecular weight is 293 g/mol. The number of nitrogens with one attached hydrogen (secondary N) is 1. The van der Waals surface area contributed by atoms with E-state index in [-0.39, 0.29) is 5.78 Å². The highest BCUT2D eigenvalue weighted by molar-refractivity contribution is 6.33. The third-order valence-electron chi connectivity index (χ3n) is 2.82. The summed E-state index contributed by atoms with van der Waals surface area (Å²) in [5.74, 6) is -0.259. The zero-order valence-corrected chi connectivity index (χ0v) is 11.8. The number of nitrogens with zero attached hydrogens (tertiary/aromatic N) is 1. The number of benzene rings is 1. The van der Waals surface area contributed by atoms with Gasteiger partial charge in [-0.2, -0.15) is 0 Å². The number of carbonyl (C=O) groups excluding carboxylic acids is 1.